The van der Waals surface area contributed by atoms with Crippen LogP contribution in [0, 0.1) is 0 Å². The van der Waals surface area contributed by atoms with Crippen molar-refractivity contribution in [1.82, 2.24) is 4.98 Å². The average Bonchev–Trinajstić information content (AvgIpc) is 1.95. The lowest BCUT2D eigenvalue weighted by molar-refractivity contribution is 1.28. The van der Waals surface area contributed by atoms with Gasteiger partial charge in [0.2, 0.25) is 0 Å². The summed E-state index contributed by atoms with van der Waals surface area (Å²) in [5.74, 6) is 0.703. The molecule has 0 amide bonds. The fourth-order valence-electron chi connectivity index (χ4n) is 0.649. The molecule has 1 heterocycles. The van der Waals surface area contributed by atoms with Crippen LogP contribution in [0.1, 0.15) is 0 Å². The highest BCUT2D eigenvalue weighted by Crippen LogP contribution is 2.23. The summed E-state index contributed by atoms with van der Waals surface area (Å²) in [5, 5.41) is 2.87. The minimum atomic E-state index is 0.644. The fraction of sp³-hybridized carbons (Fsp3) is 0.167. The molecule has 3 nitrogen and oxygen atoms in total. The van der Waals surface area contributed by atoms with Gasteiger partial charge in [0.1, 0.15) is 5.82 Å². The van der Waals surface area contributed by atoms with Crippen molar-refractivity contribution in [1.29, 1.82) is 0 Å². The van der Waals surface area contributed by atoms with E-state index in [1.54, 1.807) is 19.3 Å². The Hall–Kier alpha value is -0.770. The Morgan fingerprint density at radius 2 is 2.40 bits per heavy atom. The number of nitrogens with one attached hydrogen (secondary N) is 1. The first-order valence-corrected chi connectivity index (χ1v) is 3.62. The summed E-state index contributed by atoms with van der Waals surface area (Å²) in [5.41, 5.74) is 6.26. The molecule has 0 atom stereocenters. The van der Waals surface area contributed by atoms with Crippen molar-refractivity contribution >= 4 is 27.4 Å². The highest BCUT2D eigenvalue weighted by molar-refractivity contribution is 9.10. The summed E-state index contributed by atoms with van der Waals surface area (Å²) in [4.78, 5) is 3.99. The normalized spacial score (nSPS) is 9.40. The van der Waals surface area contributed by atoms with E-state index in [1.807, 2.05) is 0 Å². The van der Waals surface area contributed by atoms with Gasteiger partial charge in [0, 0.05) is 17.7 Å². The van der Waals surface area contributed by atoms with Crippen LogP contribution in [-0.2, 0) is 0 Å². The summed E-state index contributed by atoms with van der Waals surface area (Å²) in [7, 11) is 1.78. The van der Waals surface area contributed by atoms with E-state index in [2.05, 4.69) is 26.2 Å². The molecule has 54 valence electrons. The maximum atomic E-state index is 5.62. The second-order valence-corrected chi connectivity index (χ2v) is 2.66. The number of hydrogen-bond acceptors (Lipinski definition) is 3. The summed E-state index contributed by atoms with van der Waals surface area (Å²) in [6.45, 7) is 0. The van der Waals surface area contributed by atoms with Crippen LogP contribution in [0.15, 0.2) is 16.7 Å². The van der Waals surface area contributed by atoms with E-state index in [1.165, 1.54) is 0 Å². The maximum absolute atomic E-state index is 5.62. The van der Waals surface area contributed by atoms with E-state index in [0.717, 1.165) is 4.47 Å². The van der Waals surface area contributed by atoms with Gasteiger partial charge in [-0.05, 0) is 22.0 Å². The number of halogens is 1. The topological polar surface area (TPSA) is 50.9 Å². The molecule has 0 unspecified atom stereocenters. The number of nitrogens with two attached hydrogens (primary N) is 1. The molecule has 0 saturated heterocycles. The number of aromatic nitrogens is 1. The fourth-order valence-corrected chi connectivity index (χ4v) is 0.955. The number of rotatable bonds is 1. The molecule has 1 rings (SSSR count). The van der Waals surface area contributed by atoms with Gasteiger partial charge in [0.15, 0.2) is 0 Å². The van der Waals surface area contributed by atoms with Crippen molar-refractivity contribution in [3.63, 3.8) is 0 Å². The predicted octanol–water partition coefficient (Wildman–Crippen LogP) is 1.47. The second-order valence-electron chi connectivity index (χ2n) is 1.81. The Bertz CT molecular complexity index is 236. The van der Waals surface area contributed by atoms with Gasteiger partial charge in [0.25, 0.3) is 0 Å². The van der Waals surface area contributed by atoms with Gasteiger partial charge in [-0.3, -0.25) is 0 Å². The lowest BCUT2D eigenvalue weighted by Gasteiger charge is -2.03. The van der Waals surface area contributed by atoms with Gasteiger partial charge < -0.3 is 11.1 Å². The lowest BCUT2D eigenvalue weighted by atomic mass is 10.4. The summed E-state index contributed by atoms with van der Waals surface area (Å²) < 4.78 is 0.867. The van der Waals surface area contributed by atoms with Gasteiger partial charge in [-0.1, -0.05) is 0 Å². The molecule has 4 heteroatoms. The highest BCUT2D eigenvalue weighted by atomic mass is 79.9. The molecule has 0 bridgehead atoms. The van der Waals surface area contributed by atoms with Crippen molar-refractivity contribution in [3.05, 3.63) is 16.7 Å². The van der Waals surface area contributed by atoms with Crippen molar-refractivity contribution in [3.8, 4) is 0 Å². The van der Waals surface area contributed by atoms with E-state index in [9.17, 15) is 0 Å². The number of pyridine rings is 1. The van der Waals surface area contributed by atoms with Gasteiger partial charge in [0.05, 0.1) is 5.69 Å². The lowest BCUT2D eigenvalue weighted by Crippen LogP contribution is -1.98. The quantitative estimate of drug-likeness (QED) is 0.724. The zero-order valence-corrected chi connectivity index (χ0v) is 7.14. The van der Waals surface area contributed by atoms with Gasteiger partial charge in [-0.2, -0.15) is 0 Å². The zero-order chi connectivity index (χ0) is 7.56. The first kappa shape index (κ1) is 7.34. The molecule has 0 aliphatic heterocycles. The van der Waals surface area contributed by atoms with Crippen molar-refractivity contribution in [2.45, 2.75) is 0 Å². The van der Waals surface area contributed by atoms with E-state index >= 15 is 0 Å². The molecule has 0 saturated carbocycles. The highest BCUT2D eigenvalue weighted by Gasteiger charge is 1.99. The van der Waals surface area contributed by atoms with E-state index in [0.29, 0.717) is 11.5 Å². The van der Waals surface area contributed by atoms with E-state index < -0.39 is 0 Å². The number of hydrogen-bond donors (Lipinski definition) is 2. The molecule has 10 heavy (non-hydrogen) atoms. The Labute approximate surface area is 67.8 Å². The Morgan fingerprint density at radius 1 is 1.70 bits per heavy atom. The number of nitrogen functional groups attached to an aromatic ring is 1. The van der Waals surface area contributed by atoms with Crippen LogP contribution in [0.5, 0.6) is 0 Å². The van der Waals surface area contributed by atoms with Gasteiger partial charge >= 0.3 is 0 Å². The Balaban J connectivity index is 3.14. The first-order valence-electron chi connectivity index (χ1n) is 2.83. The molecular formula is C6H8BrN3. The van der Waals surface area contributed by atoms with Crippen molar-refractivity contribution in [2.75, 3.05) is 18.1 Å². The molecular weight excluding hydrogens is 194 g/mol. The third-order valence-electron chi connectivity index (χ3n) is 1.17. The number of nitrogens with zero attached hydrogens (tertiary/aromatic N) is 1. The van der Waals surface area contributed by atoms with Crippen LogP contribution < -0.4 is 11.1 Å². The standard InChI is InChI=1S/C6H8BrN3/c1-9-6-5(8)4(7)2-3-10-6/h2-3H,8H2,1H3,(H,9,10). The third-order valence-corrected chi connectivity index (χ3v) is 1.87. The molecule has 0 radical (unpaired) electrons. The van der Waals surface area contributed by atoms with Crippen molar-refractivity contribution < 1.29 is 0 Å². The Morgan fingerprint density at radius 3 is 2.90 bits per heavy atom. The first-order chi connectivity index (χ1) is 4.75. The average molecular weight is 202 g/mol. The number of anilines is 2. The van der Waals surface area contributed by atoms with Crippen LogP contribution in [0.4, 0.5) is 11.5 Å². The molecule has 0 spiro atoms. The van der Waals surface area contributed by atoms with Crippen LogP contribution in [0.25, 0.3) is 0 Å². The molecule has 1 aromatic rings. The maximum Gasteiger partial charge on any atom is 0.150 e. The Kier molecular flexibility index (Phi) is 2.11. The van der Waals surface area contributed by atoms with E-state index in [-0.39, 0.29) is 0 Å². The van der Waals surface area contributed by atoms with Gasteiger partial charge in [-0.15, -0.1) is 0 Å². The SMILES string of the molecule is CNc1nccc(Br)c1N. The third kappa shape index (κ3) is 1.21. The molecule has 0 aliphatic rings. The predicted molar refractivity (Wildman–Crippen MR) is 45.9 cm³/mol. The second kappa shape index (κ2) is 2.88. The monoisotopic (exact) mass is 201 g/mol. The molecule has 1 aromatic heterocycles. The summed E-state index contributed by atoms with van der Waals surface area (Å²) in [6, 6.07) is 1.80. The largest absolute Gasteiger partial charge is 0.395 e. The zero-order valence-electron chi connectivity index (χ0n) is 5.56. The van der Waals surface area contributed by atoms with Crippen LogP contribution in [-0.4, -0.2) is 12.0 Å². The van der Waals surface area contributed by atoms with Crippen LogP contribution in [0.3, 0.4) is 0 Å². The van der Waals surface area contributed by atoms with E-state index in [4.69, 9.17) is 5.73 Å². The molecule has 3 N–H and O–H groups in total. The smallest absolute Gasteiger partial charge is 0.150 e. The summed E-state index contributed by atoms with van der Waals surface area (Å²) >= 11 is 3.28. The minimum absolute atomic E-state index is 0.644. The van der Waals surface area contributed by atoms with Crippen molar-refractivity contribution in [2.24, 2.45) is 0 Å². The van der Waals surface area contributed by atoms with Gasteiger partial charge in [-0.25, -0.2) is 4.98 Å². The summed E-state index contributed by atoms with van der Waals surface area (Å²) in [6.07, 6.45) is 1.69. The molecule has 0 aromatic carbocycles. The van der Waals surface area contributed by atoms with Crippen LogP contribution >= 0.6 is 15.9 Å². The molecule has 0 aliphatic carbocycles. The molecule has 0 fully saturated rings. The minimum Gasteiger partial charge on any atom is -0.395 e. The van der Waals surface area contributed by atoms with Crippen LogP contribution in [0.2, 0.25) is 0 Å².